The summed E-state index contributed by atoms with van der Waals surface area (Å²) in [6.45, 7) is 7.39. The smallest absolute Gasteiger partial charge is 0.505 e. The fourth-order valence-corrected chi connectivity index (χ4v) is 4.47. The summed E-state index contributed by atoms with van der Waals surface area (Å²) in [4.78, 5) is 0. The van der Waals surface area contributed by atoms with Crippen molar-refractivity contribution >= 4 is 8.80 Å². The third-order valence-electron chi connectivity index (χ3n) is 2.49. The lowest BCUT2D eigenvalue weighted by Crippen LogP contribution is -2.48. The zero-order valence-electron chi connectivity index (χ0n) is 11.3. The lowest BCUT2D eigenvalue weighted by atomic mass is 10.2. The molecule has 102 valence electrons. The summed E-state index contributed by atoms with van der Waals surface area (Å²) in [5.74, 6) is 0.258. The maximum absolute atomic E-state index is 9.83. The van der Waals surface area contributed by atoms with Crippen LogP contribution in [0.1, 0.15) is 26.3 Å². The van der Waals surface area contributed by atoms with Gasteiger partial charge in [-0.15, -0.1) is 0 Å². The van der Waals surface area contributed by atoms with Crippen molar-refractivity contribution in [3.8, 4) is 5.75 Å². The largest absolute Gasteiger partial charge is 0.508 e. The second kappa shape index (κ2) is 7.53. The van der Waals surface area contributed by atoms with E-state index >= 15 is 0 Å². The molecule has 1 aromatic rings. The first kappa shape index (κ1) is 15.2. The van der Waals surface area contributed by atoms with E-state index in [1.165, 1.54) is 0 Å². The van der Waals surface area contributed by atoms with E-state index in [0.29, 0.717) is 25.9 Å². The van der Waals surface area contributed by atoms with Crippen LogP contribution in [-0.2, 0) is 19.3 Å². The Morgan fingerprint density at radius 1 is 0.944 bits per heavy atom. The predicted octanol–water partition coefficient (Wildman–Crippen LogP) is 2.52. The van der Waals surface area contributed by atoms with Gasteiger partial charge in [-0.1, -0.05) is 18.2 Å². The van der Waals surface area contributed by atoms with Crippen LogP contribution < -0.4 is 0 Å². The summed E-state index contributed by atoms with van der Waals surface area (Å²) in [7, 11) is -2.73. The van der Waals surface area contributed by atoms with Crippen molar-refractivity contribution in [3.05, 3.63) is 29.8 Å². The highest BCUT2D eigenvalue weighted by Gasteiger charge is 2.41. The van der Waals surface area contributed by atoms with Crippen molar-refractivity contribution in [2.45, 2.75) is 26.8 Å². The lowest BCUT2D eigenvalue weighted by molar-refractivity contribution is 0.0702. The van der Waals surface area contributed by atoms with E-state index in [0.717, 1.165) is 5.56 Å². The normalized spacial score (nSPS) is 11.7. The first-order valence-electron chi connectivity index (χ1n) is 6.36. The van der Waals surface area contributed by atoms with Crippen LogP contribution in [0.4, 0.5) is 0 Å². The van der Waals surface area contributed by atoms with Gasteiger partial charge >= 0.3 is 8.80 Å². The molecule has 1 N–H and O–H groups in total. The van der Waals surface area contributed by atoms with Crippen LogP contribution >= 0.6 is 0 Å². The fraction of sp³-hybridized carbons (Fsp3) is 0.538. The molecule has 4 nitrogen and oxygen atoms in total. The Labute approximate surface area is 110 Å². The molecule has 0 amide bonds. The minimum atomic E-state index is -2.73. The summed E-state index contributed by atoms with van der Waals surface area (Å²) < 4.78 is 17.3. The molecule has 0 aliphatic carbocycles. The van der Waals surface area contributed by atoms with Gasteiger partial charge in [0, 0.05) is 25.9 Å². The SMILES string of the molecule is CCO[Si](Cc1ccccc1O)(OCC)OCC. The molecule has 0 bridgehead atoms. The maximum Gasteiger partial charge on any atom is 0.505 e. The van der Waals surface area contributed by atoms with Gasteiger partial charge in [0.25, 0.3) is 0 Å². The summed E-state index contributed by atoms with van der Waals surface area (Å²) in [5, 5.41) is 9.83. The third-order valence-corrected chi connectivity index (χ3v) is 5.49. The lowest BCUT2D eigenvalue weighted by Gasteiger charge is -2.28. The summed E-state index contributed by atoms with van der Waals surface area (Å²) in [6.07, 6.45) is 0. The van der Waals surface area contributed by atoms with Gasteiger partial charge in [-0.25, -0.2) is 0 Å². The molecule has 0 saturated carbocycles. The van der Waals surface area contributed by atoms with Crippen LogP contribution in [0.15, 0.2) is 24.3 Å². The Balaban J connectivity index is 2.91. The zero-order chi connectivity index (χ0) is 13.4. The van der Waals surface area contributed by atoms with Crippen LogP contribution in [0.3, 0.4) is 0 Å². The number of hydrogen-bond donors (Lipinski definition) is 1. The molecule has 5 heteroatoms. The minimum Gasteiger partial charge on any atom is -0.508 e. The highest BCUT2D eigenvalue weighted by molar-refractivity contribution is 6.60. The van der Waals surface area contributed by atoms with Crippen LogP contribution in [-0.4, -0.2) is 33.7 Å². The molecular weight excluding hydrogens is 248 g/mol. The Kier molecular flexibility index (Phi) is 6.35. The Bertz CT molecular complexity index is 340. The molecule has 0 atom stereocenters. The van der Waals surface area contributed by atoms with Crippen molar-refractivity contribution in [3.63, 3.8) is 0 Å². The van der Waals surface area contributed by atoms with Crippen LogP contribution in [0.25, 0.3) is 0 Å². The second-order valence-electron chi connectivity index (χ2n) is 3.79. The Morgan fingerprint density at radius 2 is 1.44 bits per heavy atom. The van der Waals surface area contributed by atoms with Crippen molar-refractivity contribution in [1.29, 1.82) is 0 Å². The van der Waals surface area contributed by atoms with Gasteiger partial charge in [0.05, 0.1) is 0 Å². The molecule has 0 aliphatic rings. The first-order chi connectivity index (χ1) is 8.67. The molecular formula is C13H22O4Si. The highest BCUT2D eigenvalue weighted by atomic mass is 28.4. The van der Waals surface area contributed by atoms with E-state index in [-0.39, 0.29) is 5.75 Å². The molecule has 0 saturated heterocycles. The molecule has 1 rings (SSSR count). The topological polar surface area (TPSA) is 47.9 Å². The van der Waals surface area contributed by atoms with E-state index in [1.54, 1.807) is 12.1 Å². The van der Waals surface area contributed by atoms with E-state index in [4.69, 9.17) is 13.3 Å². The molecule has 0 unspecified atom stereocenters. The quantitative estimate of drug-likeness (QED) is 0.737. The average molecular weight is 270 g/mol. The summed E-state index contributed by atoms with van der Waals surface area (Å²) in [6, 6.07) is 7.71. The minimum absolute atomic E-state index is 0.258. The molecule has 0 heterocycles. The van der Waals surface area contributed by atoms with Gasteiger partial charge in [0.15, 0.2) is 0 Å². The van der Waals surface area contributed by atoms with Gasteiger partial charge in [-0.05, 0) is 32.4 Å². The van der Waals surface area contributed by atoms with E-state index < -0.39 is 8.80 Å². The van der Waals surface area contributed by atoms with Gasteiger partial charge in [-0.2, -0.15) is 0 Å². The van der Waals surface area contributed by atoms with E-state index in [9.17, 15) is 5.11 Å². The highest BCUT2D eigenvalue weighted by Crippen LogP contribution is 2.23. The molecule has 0 spiro atoms. The standard InChI is InChI=1S/C13H22O4Si/c1-4-15-18(16-5-2,17-6-3)11-12-9-7-8-10-13(12)14/h7-10,14H,4-6,11H2,1-3H3. The zero-order valence-corrected chi connectivity index (χ0v) is 12.3. The Morgan fingerprint density at radius 3 is 1.89 bits per heavy atom. The van der Waals surface area contributed by atoms with Crippen LogP contribution in [0.2, 0.25) is 0 Å². The number of hydrogen-bond acceptors (Lipinski definition) is 4. The molecule has 18 heavy (non-hydrogen) atoms. The molecule has 0 radical (unpaired) electrons. The van der Waals surface area contributed by atoms with Crippen LogP contribution in [0, 0.1) is 0 Å². The number of rotatable bonds is 8. The number of aromatic hydroxyl groups is 1. The molecule has 0 fully saturated rings. The number of para-hydroxylation sites is 1. The summed E-state index contributed by atoms with van der Waals surface area (Å²) >= 11 is 0. The van der Waals surface area contributed by atoms with Crippen molar-refractivity contribution < 1.29 is 18.4 Å². The summed E-state index contributed by atoms with van der Waals surface area (Å²) in [5.41, 5.74) is 0.805. The van der Waals surface area contributed by atoms with Gasteiger partial charge in [-0.3, -0.25) is 0 Å². The maximum atomic E-state index is 9.83. The number of phenols is 1. The van der Waals surface area contributed by atoms with Gasteiger partial charge in [0.2, 0.25) is 0 Å². The predicted molar refractivity (Wildman–Crippen MR) is 72.4 cm³/mol. The second-order valence-corrected chi connectivity index (χ2v) is 6.37. The third kappa shape index (κ3) is 4.10. The van der Waals surface area contributed by atoms with E-state index in [2.05, 4.69) is 0 Å². The molecule has 1 aromatic carbocycles. The van der Waals surface area contributed by atoms with Gasteiger partial charge < -0.3 is 18.4 Å². The molecule has 0 aliphatic heterocycles. The van der Waals surface area contributed by atoms with Gasteiger partial charge in [0.1, 0.15) is 5.75 Å². The fourth-order valence-electron chi connectivity index (χ4n) is 1.83. The Hall–Kier alpha value is -0.883. The monoisotopic (exact) mass is 270 g/mol. The first-order valence-corrected chi connectivity index (χ1v) is 8.29. The van der Waals surface area contributed by atoms with Crippen LogP contribution in [0.5, 0.6) is 5.75 Å². The number of phenolic OH excluding ortho intramolecular Hbond substituents is 1. The van der Waals surface area contributed by atoms with Crippen molar-refractivity contribution in [1.82, 2.24) is 0 Å². The average Bonchev–Trinajstić information content (AvgIpc) is 2.33. The van der Waals surface area contributed by atoms with Crippen molar-refractivity contribution in [2.75, 3.05) is 19.8 Å². The van der Waals surface area contributed by atoms with E-state index in [1.807, 2.05) is 32.9 Å². The van der Waals surface area contributed by atoms with Crippen molar-refractivity contribution in [2.24, 2.45) is 0 Å². The number of benzene rings is 1. The molecule has 0 aromatic heterocycles.